The van der Waals surface area contributed by atoms with Gasteiger partial charge in [-0.1, -0.05) is 45.0 Å². The summed E-state index contributed by atoms with van der Waals surface area (Å²) in [6.07, 6.45) is 0. The summed E-state index contributed by atoms with van der Waals surface area (Å²) in [4.78, 5) is 10.2. The second kappa shape index (κ2) is 6.54. The normalized spacial score (nSPS) is 12.6. The first kappa shape index (κ1) is 15.3. The Morgan fingerprint density at radius 2 is 1.76 bits per heavy atom. The van der Waals surface area contributed by atoms with Gasteiger partial charge in [-0.05, 0) is 29.7 Å². The molecule has 21 heavy (non-hydrogen) atoms. The number of nitrogens with zero attached hydrogens (tertiary/aromatic N) is 1. The first-order valence-electron chi connectivity index (χ1n) is 7.10. The van der Waals surface area contributed by atoms with Crippen molar-refractivity contribution in [3.63, 3.8) is 0 Å². The highest BCUT2D eigenvalue weighted by atomic mass is 16.6. The Labute approximate surface area is 124 Å². The lowest BCUT2D eigenvalue weighted by Crippen LogP contribution is -2.21. The Bertz CT molecular complexity index is 602. The Morgan fingerprint density at radius 1 is 1.14 bits per heavy atom. The van der Waals surface area contributed by atoms with Crippen molar-refractivity contribution in [2.75, 3.05) is 6.54 Å². The van der Waals surface area contributed by atoms with Crippen LogP contribution in [0, 0.1) is 10.1 Å². The summed E-state index contributed by atoms with van der Waals surface area (Å²) < 4.78 is 5.33. The van der Waals surface area contributed by atoms with Crippen LogP contribution in [0.2, 0.25) is 0 Å². The van der Waals surface area contributed by atoms with Crippen LogP contribution in [0.1, 0.15) is 49.6 Å². The third kappa shape index (κ3) is 3.49. The van der Waals surface area contributed by atoms with E-state index in [2.05, 4.69) is 31.3 Å². The molecule has 1 atom stereocenters. The summed E-state index contributed by atoms with van der Waals surface area (Å²) in [6, 6.07) is 11.1. The molecule has 1 N–H and O–H groups in total. The van der Waals surface area contributed by atoms with Gasteiger partial charge < -0.3 is 9.73 Å². The SMILES string of the molecule is CCNC(c1ccc(C(C)C)cc1)c1ccc([N+](=O)[O-])o1. The predicted molar refractivity (Wildman–Crippen MR) is 81.4 cm³/mol. The average molecular weight is 288 g/mol. The molecular formula is C16H20N2O3. The molecule has 1 aromatic heterocycles. The van der Waals surface area contributed by atoms with E-state index in [1.807, 2.05) is 19.1 Å². The highest BCUT2D eigenvalue weighted by Crippen LogP contribution is 2.28. The summed E-state index contributed by atoms with van der Waals surface area (Å²) in [5.74, 6) is 0.800. The Hall–Kier alpha value is -2.14. The average Bonchev–Trinajstić information content (AvgIpc) is 2.94. The zero-order chi connectivity index (χ0) is 15.4. The van der Waals surface area contributed by atoms with E-state index in [1.54, 1.807) is 6.07 Å². The first-order chi connectivity index (χ1) is 10.0. The predicted octanol–water partition coefficient (Wildman–Crippen LogP) is 4.01. The largest absolute Gasteiger partial charge is 0.433 e. The fraction of sp³-hybridized carbons (Fsp3) is 0.375. The molecule has 2 aromatic rings. The molecule has 5 heteroatoms. The van der Waals surface area contributed by atoms with Crippen LogP contribution in [0.5, 0.6) is 0 Å². The molecule has 0 aliphatic rings. The molecule has 1 heterocycles. The van der Waals surface area contributed by atoms with E-state index in [4.69, 9.17) is 4.42 Å². The minimum atomic E-state index is -0.519. The number of furan rings is 1. The second-order valence-corrected chi connectivity index (χ2v) is 5.25. The van der Waals surface area contributed by atoms with Gasteiger partial charge in [0.2, 0.25) is 0 Å². The van der Waals surface area contributed by atoms with Gasteiger partial charge in [0.15, 0.2) is 0 Å². The van der Waals surface area contributed by atoms with Crippen LogP contribution in [0.25, 0.3) is 0 Å². The molecule has 0 saturated heterocycles. The highest BCUT2D eigenvalue weighted by molar-refractivity contribution is 5.32. The van der Waals surface area contributed by atoms with E-state index in [0.717, 1.165) is 12.1 Å². The lowest BCUT2D eigenvalue weighted by atomic mass is 9.98. The maximum atomic E-state index is 10.7. The molecule has 0 fully saturated rings. The van der Waals surface area contributed by atoms with Crippen LogP contribution in [0.4, 0.5) is 5.88 Å². The van der Waals surface area contributed by atoms with Crippen LogP contribution < -0.4 is 5.32 Å². The number of benzene rings is 1. The van der Waals surface area contributed by atoms with Gasteiger partial charge in [-0.2, -0.15) is 0 Å². The fourth-order valence-electron chi connectivity index (χ4n) is 2.26. The lowest BCUT2D eigenvalue weighted by molar-refractivity contribution is -0.402. The minimum absolute atomic E-state index is 0.176. The van der Waals surface area contributed by atoms with Gasteiger partial charge in [0.1, 0.15) is 10.7 Å². The van der Waals surface area contributed by atoms with Gasteiger partial charge in [0.05, 0.1) is 12.1 Å². The summed E-state index contributed by atoms with van der Waals surface area (Å²) in [5, 5.41) is 14.0. The molecule has 0 aliphatic carbocycles. The minimum Gasteiger partial charge on any atom is -0.404 e. The van der Waals surface area contributed by atoms with E-state index < -0.39 is 4.92 Å². The van der Waals surface area contributed by atoms with Crippen LogP contribution >= 0.6 is 0 Å². The van der Waals surface area contributed by atoms with Gasteiger partial charge in [-0.25, -0.2) is 0 Å². The van der Waals surface area contributed by atoms with E-state index in [-0.39, 0.29) is 11.9 Å². The standard InChI is InChI=1S/C16H20N2O3/c1-4-17-16(14-9-10-15(21-14)18(19)20)13-7-5-12(6-8-13)11(2)3/h5-11,16-17H,4H2,1-3H3. The molecule has 0 bridgehead atoms. The maximum absolute atomic E-state index is 10.7. The van der Waals surface area contributed by atoms with Gasteiger partial charge in [-0.3, -0.25) is 10.1 Å². The number of hydrogen-bond acceptors (Lipinski definition) is 4. The Kier molecular flexibility index (Phi) is 4.75. The summed E-state index contributed by atoms with van der Waals surface area (Å²) in [6.45, 7) is 7.03. The van der Waals surface area contributed by atoms with Crippen molar-refractivity contribution >= 4 is 5.88 Å². The smallest absolute Gasteiger partial charge is 0.404 e. The van der Waals surface area contributed by atoms with Crippen molar-refractivity contribution < 1.29 is 9.34 Å². The quantitative estimate of drug-likeness (QED) is 0.644. The highest BCUT2D eigenvalue weighted by Gasteiger charge is 2.20. The van der Waals surface area contributed by atoms with Crippen molar-refractivity contribution in [1.29, 1.82) is 0 Å². The van der Waals surface area contributed by atoms with E-state index in [1.165, 1.54) is 11.6 Å². The molecule has 5 nitrogen and oxygen atoms in total. The van der Waals surface area contributed by atoms with Crippen LogP contribution in [-0.2, 0) is 0 Å². The third-order valence-corrected chi connectivity index (χ3v) is 3.42. The van der Waals surface area contributed by atoms with Gasteiger partial charge in [0.25, 0.3) is 0 Å². The van der Waals surface area contributed by atoms with Gasteiger partial charge in [0, 0.05) is 0 Å². The first-order valence-corrected chi connectivity index (χ1v) is 7.10. The molecule has 0 saturated carbocycles. The van der Waals surface area contributed by atoms with Crippen molar-refractivity contribution in [3.05, 3.63) is 63.4 Å². The molecule has 0 aliphatic heterocycles. The molecule has 0 amide bonds. The molecule has 112 valence electrons. The van der Waals surface area contributed by atoms with Crippen LogP contribution in [-0.4, -0.2) is 11.5 Å². The van der Waals surface area contributed by atoms with E-state index >= 15 is 0 Å². The molecule has 0 spiro atoms. The van der Waals surface area contributed by atoms with Gasteiger partial charge >= 0.3 is 5.88 Å². The van der Waals surface area contributed by atoms with Crippen LogP contribution in [0.3, 0.4) is 0 Å². The van der Waals surface area contributed by atoms with Crippen molar-refractivity contribution in [2.45, 2.75) is 32.7 Å². The second-order valence-electron chi connectivity index (χ2n) is 5.25. The van der Waals surface area contributed by atoms with Gasteiger partial charge in [-0.15, -0.1) is 0 Å². The summed E-state index contributed by atoms with van der Waals surface area (Å²) in [7, 11) is 0. The third-order valence-electron chi connectivity index (χ3n) is 3.42. The Balaban J connectivity index is 2.30. The number of nitro groups is 1. The monoisotopic (exact) mass is 288 g/mol. The molecule has 1 unspecified atom stereocenters. The lowest BCUT2D eigenvalue weighted by Gasteiger charge is -2.16. The van der Waals surface area contributed by atoms with Crippen molar-refractivity contribution in [1.82, 2.24) is 5.32 Å². The number of nitrogens with one attached hydrogen (secondary N) is 1. The zero-order valence-electron chi connectivity index (χ0n) is 12.5. The van der Waals surface area contributed by atoms with E-state index in [0.29, 0.717) is 11.7 Å². The number of hydrogen-bond donors (Lipinski definition) is 1. The van der Waals surface area contributed by atoms with Crippen molar-refractivity contribution in [3.8, 4) is 0 Å². The Morgan fingerprint density at radius 3 is 2.24 bits per heavy atom. The molecular weight excluding hydrogens is 268 g/mol. The fourth-order valence-corrected chi connectivity index (χ4v) is 2.26. The van der Waals surface area contributed by atoms with E-state index in [9.17, 15) is 10.1 Å². The molecule has 0 radical (unpaired) electrons. The molecule has 1 aromatic carbocycles. The molecule has 2 rings (SSSR count). The topological polar surface area (TPSA) is 68.3 Å². The number of rotatable bonds is 6. The summed E-state index contributed by atoms with van der Waals surface area (Å²) >= 11 is 0. The zero-order valence-corrected chi connectivity index (χ0v) is 12.5. The summed E-state index contributed by atoms with van der Waals surface area (Å²) in [5.41, 5.74) is 2.30. The van der Waals surface area contributed by atoms with Crippen LogP contribution in [0.15, 0.2) is 40.8 Å². The van der Waals surface area contributed by atoms with Crippen molar-refractivity contribution in [2.24, 2.45) is 0 Å². The maximum Gasteiger partial charge on any atom is 0.433 e.